The second-order valence-electron chi connectivity index (χ2n) is 9.95. The van der Waals surface area contributed by atoms with Crippen molar-refractivity contribution in [2.24, 2.45) is 18.7 Å². The lowest BCUT2D eigenvalue weighted by Gasteiger charge is -2.36. The van der Waals surface area contributed by atoms with E-state index in [-0.39, 0.29) is 18.0 Å². The van der Waals surface area contributed by atoms with E-state index in [0.717, 1.165) is 53.0 Å². The number of piperidine rings is 1. The van der Waals surface area contributed by atoms with E-state index in [2.05, 4.69) is 22.1 Å². The van der Waals surface area contributed by atoms with Gasteiger partial charge in [-0.2, -0.15) is 0 Å². The van der Waals surface area contributed by atoms with E-state index >= 15 is 0 Å². The molecule has 178 valence electrons. The third kappa shape index (κ3) is 3.39. The van der Waals surface area contributed by atoms with Crippen molar-refractivity contribution >= 4 is 28.0 Å². The molecule has 1 aliphatic heterocycles. The third-order valence-electron chi connectivity index (χ3n) is 7.45. The molecule has 2 N–H and O–H groups in total. The van der Waals surface area contributed by atoms with Crippen LogP contribution in [0.1, 0.15) is 43.0 Å². The van der Waals surface area contributed by atoms with Gasteiger partial charge in [0.25, 0.3) is 5.91 Å². The molecule has 0 radical (unpaired) electrons. The minimum atomic E-state index is -0.0234. The fourth-order valence-corrected chi connectivity index (χ4v) is 5.30. The summed E-state index contributed by atoms with van der Waals surface area (Å²) in [6.45, 7) is 3.58. The number of ether oxygens (including phenoxy) is 1. The van der Waals surface area contributed by atoms with E-state index in [1.165, 1.54) is 12.8 Å². The second-order valence-corrected chi connectivity index (χ2v) is 9.95. The average Bonchev–Trinajstić information content (AvgIpc) is 3.28. The quantitative estimate of drug-likeness (QED) is 0.482. The number of carbonyl (C=O) groups excluding carboxylic acids is 1. The third-order valence-corrected chi connectivity index (χ3v) is 7.45. The summed E-state index contributed by atoms with van der Waals surface area (Å²) >= 11 is 0. The number of imidazole rings is 1. The Labute approximate surface area is 198 Å². The number of carbonyl (C=O) groups is 1. The molecule has 1 saturated heterocycles. The molecule has 4 heterocycles. The number of aromatic nitrogens is 3. The molecule has 0 unspecified atom stereocenters. The summed E-state index contributed by atoms with van der Waals surface area (Å²) in [5.41, 5.74) is 10.3. The Balaban J connectivity index is 1.46. The molecule has 2 fully saturated rings. The topological polar surface area (TPSA) is 91.5 Å². The van der Waals surface area contributed by atoms with E-state index in [1.807, 2.05) is 30.1 Å². The standard InChI is InChI=1S/C26H31N5O3/c1-15-4-7-19(27)14-30(15)25(32)18-10-20-23(22(12-18)33-3)29(2)24(28-20)21-11-17-8-9-34-26(17)31(21)13-16-5-6-16/h8-12,15-16,19H,4-7,13-14,27H2,1-3H3/t15-,19-/m0/s1. The largest absolute Gasteiger partial charge is 0.494 e. The zero-order chi connectivity index (χ0) is 23.6. The molecule has 8 nitrogen and oxygen atoms in total. The fourth-order valence-electron chi connectivity index (χ4n) is 5.30. The molecular formula is C26H31N5O3. The number of benzene rings is 1. The first-order valence-electron chi connectivity index (χ1n) is 12.1. The van der Waals surface area contributed by atoms with Gasteiger partial charge in [-0.1, -0.05) is 0 Å². The number of nitrogens with two attached hydrogens (primary N) is 1. The van der Waals surface area contributed by atoms with Crippen LogP contribution in [-0.2, 0) is 13.6 Å². The number of amides is 1. The molecule has 3 aromatic heterocycles. The molecule has 2 aliphatic rings. The maximum Gasteiger partial charge on any atom is 0.254 e. The molecule has 0 spiro atoms. The Bertz CT molecular complexity index is 1390. The summed E-state index contributed by atoms with van der Waals surface area (Å²) < 4.78 is 15.9. The van der Waals surface area contributed by atoms with Crippen molar-refractivity contribution in [2.75, 3.05) is 13.7 Å². The Hall–Kier alpha value is -3.26. The van der Waals surface area contributed by atoms with Crippen LogP contribution in [-0.4, -0.2) is 50.7 Å². The van der Waals surface area contributed by atoms with Crippen molar-refractivity contribution in [1.82, 2.24) is 19.0 Å². The average molecular weight is 462 g/mol. The Morgan fingerprint density at radius 2 is 2.06 bits per heavy atom. The number of hydrogen-bond donors (Lipinski definition) is 1. The highest BCUT2D eigenvalue weighted by atomic mass is 16.5. The highest BCUT2D eigenvalue weighted by Crippen LogP contribution is 2.38. The van der Waals surface area contributed by atoms with Crippen LogP contribution in [0.5, 0.6) is 5.75 Å². The van der Waals surface area contributed by atoms with Crippen molar-refractivity contribution in [3.63, 3.8) is 0 Å². The number of aryl methyl sites for hydroxylation is 1. The number of likely N-dealkylation sites (tertiary alicyclic amines) is 1. The highest BCUT2D eigenvalue weighted by molar-refractivity contribution is 6.00. The van der Waals surface area contributed by atoms with Gasteiger partial charge in [-0.15, -0.1) is 0 Å². The van der Waals surface area contributed by atoms with E-state index in [4.69, 9.17) is 19.9 Å². The zero-order valence-electron chi connectivity index (χ0n) is 20.0. The smallest absolute Gasteiger partial charge is 0.254 e. The first-order valence-corrected chi connectivity index (χ1v) is 12.1. The Kier molecular flexibility index (Phi) is 4.95. The minimum absolute atomic E-state index is 0.0182. The normalized spacial score (nSPS) is 21.0. The lowest BCUT2D eigenvalue weighted by molar-refractivity contribution is 0.0612. The molecule has 1 aliphatic carbocycles. The molecule has 0 bridgehead atoms. The maximum absolute atomic E-state index is 13.5. The molecule has 6 rings (SSSR count). The van der Waals surface area contributed by atoms with Crippen LogP contribution >= 0.6 is 0 Å². The summed E-state index contributed by atoms with van der Waals surface area (Å²) in [5.74, 6) is 2.13. The molecule has 4 aromatic rings. The van der Waals surface area contributed by atoms with Gasteiger partial charge in [0.05, 0.1) is 24.6 Å². The van der Waals surface area contributed by atoms with E-state index in [1.54, 1.807) is 13.4 Å². The van der Waals surface area contributed by atoms with Gasteiger partial charge in [0, 0.05) is 43.2 Å². The number of furan rings is 1. The first-order chi connectivity index (χ1) is 16.4. The van der Waals surface area contributed by atoms with Gasteiger partial charge >= 0.3 is 0 Å². The lowest BCUT2D eigenvalue weighted by atomic mass is 9.99. The van der Waals surface area contributed by atoms with Gasteiger partial charge in [-0.3, -0.25) is 4.79 Å². The van der Waals surface area contributed by atoms with E-state index < -0.39 is 0 Å². The predicted molar refractivity (Wildman–Crippen MR) is 131 cm³/mol. The van der Waals surface area contributed by atoms with Gasteiger partial charge in [-0.05, 0) is 62.8 Å². The van der Waals surface area contributed by atoms with E-state index in [0.29, 0.717) is 23.8 Å². The van der Waals surface area contributed by atoms with Crippen LogP contribution in [0.4, 0.5) is 0 Å². The van der Waals surface area contributed by atoms with Crippen LogP contribution in [0.2, 0.25) is 0 Å². The van der Waals surface area contributed by atoms with Crippen LogP contribution in [0.25, 0.3) is 33.7 Å². The summed E-state index contributed by atoms with van der Waals surface area (Å²) in [4.78, 5) is 20.3. The first kappa shape index (κ1) is 21.3. The number of methoxy groups -OCH3 is 1. The molecule has 34 heavy (non-hydrogen) atoms. The SMILES string of the molecule is COc1cc(C(=O)N2C[C@@H](N)CC[C@@H]2C)cc2nc(-c3cc4ccoc4n3CC3CC3)n(C)c12. The van der Waals surface area contributed by atoms with Gasteiger partial charge < -0.3 is 28.9 Å². The molecule has 1 saturated carbocycles. The van der Waals surface area contributed by atoms with Crippen LogP contribution in [0.15, 0.2) is 34.9 Å². The summed E-state index contributed by atoms with van der Waals surface area (Å²) in [6, 6.07) is 8.02. The van der Waals surface area contributed by atoms with Gasteiger partial charge in [0.15, 0.2) is 5.82 Å². The number of rotatable bonds is 5. The molecule has 2 atom stereocenters. The Morgan fingerprint density at radius 3 is 2.82 bits per heavy atom. The molecule has 8 heteroatoms. The van der Waals surface area contributed by atoms with Crippen LogP contribution < -0.4 is 10.5 Å². The van der Waals surface area contributed by atoms with Crippen molar-refractivity contribution in [3.05, 3.63) is 36.1 Å². The number of fused-ring (bicyclic) bond motifs is 2. The van der Waals surface area contributed by atoms with Crippen molar-refractivity contribution in [3.8, 4) is 17.3 Å². The van der Waals surface area contributed by atoms with Gasteiger partial charge in [0.2, 0.25) is 5.71 Å². The van der Waals surface area contributed by atoms with E-state index in [9.17, 15) is 4.79 Å². The summed E-state index contributed by atoms with van der Waals surface area (Å²) in [5, 5.41) is 1.07. The monoisotopic (exact) mass is 461 g/mol. The summed E-state index contributed by atoms with van der Waals surface area (Å²) in [6.07, 6.45) is 6.10. The Morgan fingerprint density at radius 1 is 1.24 bits per heavy atom. The van der Waals surface area contributed by atoms with Crippen molar-refractivity contribution < 1.29 is 13.9 Å². The van der Waals surface area contributed by atoms with Crippen LogP contribution in [0, 0.1) is 5.92 Å². The lowest BCUT2D eigenvalue weighted by Crippen LogP contribution is -2.50. The zero-order valence-corrected chi connectivity index (χ0v) is 20.0. The maximum atomic E-state index is 13.5. The predicted octanol–water partition coefficient (Wildman–Crippen LogP) is 4.16. The van der Waals surface area contributed by atoms with Crippen molar-refractivity contribution in [1.29, 1.82) is 0 Å². The molecular weight excluding hydrogens is 430 g/mol. The van der Waals surface area contributed by atoms with Crippen LogP contribution in [0.3, 0.4) is 0 Å². The number of hydrogen-bond acceptors (Lipinski definition) is 5. The highest BCUT2D eigenvalue weighted by Gasteiger charge is 2.30. The summed E-state index contributed by atoms with van der Waals surface area (Å²) in [7, 11) is 3.63. The molecule has 1 amide bonds. The minimum Gasteiger partial charge on any atom is -0.494 e. The van der Waals surface area contributed by atoms with Gasteiger partial charge in [-0.25, -0.2) is 4.98 Å². The van der Waals surface area contributed by atoms with Crippen molar-refractivity contribution in [2.45, 2.75) is 51.2 Å². The fraction of sp³-hybridized carbons (Fsp3) is 0.462. The number of nitrogens with zero attached hydrogens (tertiary/aromatic N) is 4. The van der Waals surface area contributed by atoms with Gasteiger partial charge in [0.1, 0.15) is 11.3 Å². The second kappa shape index (κ2) is 7.91. The molecule has 1 aromatic carbocycles.